The van der Waals surface area contributed by atoms with E-state index in [0.717, 1.165) is 28.0 Å². The summed E-state index contributed by atoms with van der Waals surface area (Å²) in [4.78, 5) is 22.9. The molecule has 0 aliphatic heterocycles. The predicted octanol–water partition coefficient (Wildman–Crippen LogP) is 3.73. The maximum atomic E-state index is 11.6. The van der Waals surface area contributed by atoms with Gasteiger partial charge in [-0.05, 0) is 31.0 Å². The van der Waals surface area contributed by atoms with Gasteiger partial charge in [-0.2, -0.15) is 0 Å². The Hall–Kier alpha value is -2.62. The van der Waals surface area contributed by atoms with Crippen molar-refractivity contribution >= 4 is 22.7 Å². The molecule has 4 nitrogen and oxygen atoms in total. The molecule has 0 fully saturated rings. The van der Waals surface area contributed by atoms with E-state index in [-0.39, 0.29) is 5.97 Å². The Morgan fingerprint density at radius 2 is 1.91 bits per heavy atom. The van der Waals surface area contributed by atoms with E-state index in [1.165, 1.54) is 6.92 Å². The molecule has 4 heteroatoms. The molecule has 0 N–H and O–H groups in total. The summed E-state index contributed by atoms with van der Waals surface area (Å²) in [5.41, 5.74) is 1.81. The maximum Gasteiger partial charge on any atom is 0.335 e. The van der Waals surface area contributed by atoms with E-state index >= 15 is 0 Å². The van der Waals surface area contributed by atoms with Gasteiger partial charge in [0.15, 0.2) is 0 Å². The highest BCUT2D eigenvalue weighted by Crippen LogP contribution is 2.38. The lowest BCUT2D eigenvalue weighted by atomic mass is 10.0. The Bertz CT molecular complexity index is 759. The predicted molar refractivity (Wildman–Crippen MR) is 85.2 cm³/mol. The molecule has 0 heterocycles. The van der Waals surface area contributed by atoms with Crippen molar-refractivity contribution in [2.45, 2.75) is 27.2 Å². The Kier molecular flexibility index (Phi) is 4.61. The maximum absolute atomic E-state index is 11.6. The second-order valence-electron chi connectivity index (χ2n) is 4.98. The van der Waals surface area contributed by atoms with Crippen LogP contribution in [0.4, 0.5) is 0 Å². The molecule has 0 saturated carbocycles. The lowest BCUT2D eigenvalue weighted by Crippen LogP contribution is -2.08. The zero-order valence-corrected chi connectivity index (χ0v) is 12.9. The monoisotopic (exact) mass is 298 g/mol. The van der Waals surface area contributed by atoms with Crippen molar-refractivity contribution in [1.29, 1.82) is 0 Å². The number of hydrogen-bond acceptors (Lipinski definition) is 4. The van der Waals surface area contributed by atoms with Crippen molar-refractivity contribution < 1.29 is 19.1 Å². The molecule has 0 aromatic heterocycles. The molecule has 2 rings (SSSR count). The van der Waals surface area contributed by atoms with Crippen LogP contribution in [-0.2, 0) is 16.0 Å². The molecule has 0 radical (unpaired) electrons. The summed E-state index contributed by atoms with van der Waals surface area (Å²) >= 11 is 0. The topological polar surface area (TPSA) is 52.6 Å². The van der Waals surface area contributed by atoms with Crippen LogP contribution in [0.1, 0.15) is 25.0 Å². The Morgan fingerprint density at radius 1 is 1.18 bits per heavy atom. The van der Waals surface area contributed by atoms with E-state index in [1.54, 1.807) is 6.07 Å². The highest BCUT2D eigenvalue weighted by atomic mass is 16.5. The van der Waals surface area contributed by atoms with Crippen LogP contribution in [0.15, 0.2) is 36.9 Å². The third-order valence-corrected chi connectivity index (χ3v) is 3.29. The van der Waals surface area contributed by atoms with Crippen LogP contribution in [0.2, 0.25) is 0 Å². The van der Waals surface area contributed by atoms with Crippen molar-refractivity contribution in [3.63, 3.8) is 0 Å². The standard InChI is InChI=1S/C18H18O4/c1-5-13-10-16(21-12(4)19)15-9-11(3)7-8-14(15)18(13)22-17(20)6-2/h6-10H,2,5H2,1,3-4H3. The number of fused-ring (bicyclic) bond motifs is 1. The van der Waals surface area contributed by atoms with E-state index in [9.17, 15) is 9.59 Å². The van der Waals surface area contributed by atoms with Crippen LogP contribution in [-0.4, -0.2) is 11.9 Å². The summed E-state index contributed by atoms with van der Waals surface area (Å²) in [6.07, 6.45) is 1.76. The smallest absolute Gasteiger partial charge is 0.335 e. The summed E-state index contributed by atoms with van der Waals surface area (Å²) in [6.45, 7) is 8.67. The molecular weight excluding hydrogens is 280 g/mol. The fourth-order valence-corrected chi connectivity index (χ4v) is 2.30. The number of carbonyl (C=O) groups excluding carboxylic acids is 2. The third-order valence-electron chi connectivity index (χ3n) is 3.29. The average molecular weight is 298 g/mol. The van der Waals surface area contributed by atoms with Gasteiger partial charge in [0.2, 0.25) is 0 Å². The summed E-state index contributed by atoms with van der Waals surface area (Å²) in [6, 6.07) is 7.43. The van der Waals surface area contributed by atoms with E-state index in [0.29, 0.717) is 17.9 Å². The van der Waals surface area contributed by atoms with Gasteiger partial charge >= 0.3 is 11.9 Å². The summed E-state index contributed by atoms with van der Waals surface area (Å²) in [5.74, 6) is 0.0530. The molecule has 0 saturated heterocycles. The molecule has 0 spiro atoms. The van der Waals surface area contributed by atoms with Gasteiger partial charge in [-0.15, -0.1) is 0 Å². The average Bonchev–Trinajstić information content (AvgIpc) is 2.48. The first-order valence-electron chi connectivity index (χ1n) is 7.05. The highest BCUT2D eigenvalue weighted by Gasteiger charge is 2.16. The van der Waals surface area contributed by atoms with Crippen LogP contribution >= 0.6 is 0 Å². The van der Waals surface area contributed by atoms with Gasteiger partial charge in [0.1, 0.15) is 11.5 Å². The van der Waals surface area contributed by atoms with Gasteiger partial charge < -0.3 is 9.47 Å². The quantitative estimate of drug-likeness (QED) is 0.490. The number of carbonyl (C=O) groups is 2. The molecule has 2 aromatic carbocycles. The fourth-order valence-electron chi connectivity index (χ4n) is 2.30. The second-order valence-corrected chi connectivity index (χ2v) is 4.98. The van der Waals surface area contributed by atoms with Gasteiger partial charge in [0.25, 0.3) is 0 Å². The number of rotatable bonds is 4. The highest BCUT2D eigenvalue weighted by molar-refractivity contribution is 5.98. The van der Waals surface area contributed by atoms with E-state index < -0.39 is 5.97 Å². The molecule has 22 heavy (non-hydrogen) atoms. The van der Waals surface area contributed by atoms with Crippen molar-refractivity contribution in [3.8, 4) is 11.5 Å². The lowest BCUT2D eigenvalue weighted by Gasteiger charge is -2.15. The summed E-state index contributed by atoms with van der Waals surface area (Å²) < 4.78 is 10.7. The Labute approximate surface area is 129 Å². The van der Waals surface area contributed by atoms with Crippen LogP contribution in [0.5, 0.6) is 11.5 Å². The number of aryl methyl sites for hydroxylation is 2. The van der Waals surface area contributed by atoms with E-state index in [4.69, 9.17) is 9.47 Å². The Morgan fingerprint density at radius 3 is 2.50 bits per heavy atom. The van der Waals surface area contributed by atoms with Crippen molar-refractivity contribution in [1.82, 2.24) is 0 Å². The molecule has 0 amide bonds. The number of hydrogen-bond donors (Lipinski definition) is 0. The first kappa shape index (κ1) is 15.8. The lowest BCUT2D eigenvalue weighted by molar-refractivity contribution is -0.132. The summed E-state index contributed by atoms with van der Waals surface area (Å²) in [7, 11) is 0. The SMILES string of the molecule is C=CC(=O)Oc1c(CC)cc(OC(C)=O)c2cc(C)ccc12. The largest absolute Gasteiger partial charge is 0.426 e. The van der Waals surface area contributed by atoms with Gasteiger partial charge in [-0.3, -0.25) is 4.79 Å². The summed E-state index contributed by atoms with van der Waals surface area (Å²) in [5, 5.41) is 1.47. The minimum atomic E-state index is -0.517. The molecular formula is C18H18O4. The molecule has 0 unspecified atom stereocenters. The van der Waals surface area contributed by atoms with Crippen molar-refractivity contribution in [2.75, 3.05) is 0 Å². The molecule has 0 bridgehead atoms. The van der Waals surface area contributed by atoms with Crippen LogP contribution in [0, 0.1) is 6.92 Å². The number of benzene rings is 2. The number of ether oxygens (including phenoxy) is 2. The molecule has 114 valence electrons. The third kappa shape index (κ3) is 3.17. The van der Waals surface area contributed by atoms with Crippen LogP contribution in [0.25, 0.3) is 10.8 Å². The second kappa shape index (κ2) is 6.43. The normalized spacial score (nSPS) is 10.3. The number of esters is 2. The van der Waals surface area contributed by atoms with Crippen molar-refractivity contribution in [2.24, 2.45) is 0 Å². The molecule has 0 aliphatic carbocycles. The van der Waals surface area contributed by atoms with E-state index in [1.807, 2.05) is 32.0 Å². The first-order valence-corrected chi connectivity index (χ1v) is 7.05. The molecule has 0 atom stereocenters. The Balaban J connectivity index is 2.75. The minimum absolute atomic E-state index is 0.388. The molecule has 2 aromatic rings. The van der Waals surface area contributed by atoms with E-state index in [2.05, 4.69) is 6.58 Å². The van der Waals surface area contributed by atoms with Crippen LogP contribution < -0.4 is 9.47 Å². The fraction of sp³-hybridized carbons (Fsp3) is 0.222. The van der Waals surface area contributed by atoms with Gasteiger partial charge in [0, 0.05) is 23.8 Å². The van der Waals surface area contributed by atoms with Gasteiger partial charge in [0.05, 0.1) is 0 Å². The zero-order valence-electron chi connectivity index (χ0n) is 12.9. The zero-order chi connectivity index (χ0) is 16.3. The van der Waals surface area contributed by atoms with Crippen LogP contribution in [0.3, 0.4) is 0 Å². The van der Waals surface area contributed by atoms with Crippen molar-refractivity contribution in [3.05, 3.63) is 48.0 Å². The minimum Gasteiger partial charge on any atom is -0.426 e. The molecule has 0 aliphatic rings. The van der Waals surface area contributed by atoms with Gasteiger partial charge in [-0.1, -0.05) is 31.2 Å². The van der Waals surface area contributed by atoms with Gasteiger partial charge in [-0.25, -0.2) is 4.79 Å². The first-order chi connectivity index (χ1) is 10.5.